The Morgan fingerprint density at radius 1 is 1.33 bits per heavy atom. The lowest BCUT2D eigenvalue weighted by molar-refractivity contribution is -0.163. The van der Waals surface area contributed by atoms with Gasteiger partial charge in [0.25, 0.3) is 5.91 Å². The molecule has 0 fully saturated rings. The van der Waals surface area contributed by atoms with Gasteiger partial charge in [0.2, 0.25) is 0 Å². The Morgan fingerprint density at radius 2 is 1.96 bits per heavy atom. The number of nitrogens with one attached hydrogen (secondary N) is 1. The number of likely N-dealkylation sites (N-methyl/N-ethyl adjacent to an activating group) is 1. The van der Waals surface area contributed by atoms with Gasteiger partial charge in [0.1, 0.15) is 11.6 Å². The summed E-state index contributed by atoms with van der Waals surface area (Å²) in [6.07, 6.45) is 0. The highest BCUT2D eigenvalue weighted by Gasteiger charge is 2.16. The number of hydrogen-bond acceptors (Lipinski definition) is 5. The number of carbonyl (C=O) groups is 1. The second-order valence-electron chi connectivity index (χ2n) is 4.73. The number of hydrazone groups is 1. The minimum atomic E-state index is -0.485. The molecular weight excluding hydrogens is 332 g/mol. The summed E-state index contributed by atoms with van der Waals surface area (Å²) in [6, 6.07) is 7.58. The van der Waals surface area contributed by atoms with Crippen molar-refractivity contribution in [1.29, 1.82) is 0 Å². The number of methoxy groups -OCH3 is 1. The van der Waals surface area contributed by atoms with Crippen LogP contribution in [0.15, 0.2) is 46.5 Å². The number of amidine groups is 1. The third-order valence-electron chi connectivity index (χ3n) is 3.04. The Kier molecular flexibility index (Phi) is 7.94. The molecule has 0 unspecified atom stereocenters. The van der Waals surface area contributed by atoms with Crippen LogP contribution in [0.4, 0.5) is 0 Å². The fourth-order valence-corrected chi connectivity index (χ4v) is 1.66. The van der Waals surface area contributed by atoms with Gasteiger partial charge in [-0.2, -0.15) is 5.10 Å². The fourth-order valence-electron chi connectivity index (χ4n) is 1.53. The quantitative estimate of drug-likeness (QED) is 0.354. The summed E-state index contributed by atoms with van der Waals surface area (Å²) in [5.41, 5.74) is 3.71. The van der Waals surface area contributed by atoms with Crippen LogP contribution in [0.2, 0.25) is 0 Å². The van der Waals surface area contributed by atoms with Crippen molar-refractivity contribution in [3.63, 3.8) is 0 Å². The summed E-state index contributed by atoms with van der Waals surface area (Å²) in [6.45, 7) is 5.80. The zero-order valence-electron chi connectivity index (χ0n) is 14.2. The second kappa shape index (κ2) is 9.69. The molecule has 1 aromatic carbocycles. The lowest BCUT2D eigenvalue weighted by atomic mass is 10.2. The van der Waals surface area contributed by atoms with Gasteiger partial charge in [0.15, 0.2) is 5.17 Å². The third kappa shape index (κ3) is 6.02. The molecule has 0 aliphatic rings. The minimum Gasteiger partial charge on any atom is -0.497 e. The smallest absolute Gasteiger partial charge is 0.279 e. The van der Waals surface area contributed by atoms with Gasteiger partial charge in [0, 0.05) is 7.05 Å². The van der Waals surface area contributed by atoms with Crippen LogP contribution in [0.1, 0.15) is 12.5 Å². The number of hydrogen-bond donors (Lipinski definition) is 1. The van der Waals surface area contributed by atoms with Crippen molar-refractivity contribution in [1.82, 2.24) is 10.5 Å². The van der Waals surface area contributed by atoms with Crippen LogP contribution >= 0.6 is 11.6 Å². The highest BCUT2D eigenvalue weighted by molar-refractivity contribution is 6.72. The minimum absolute atomic E-state index is 0.0106. The molecule has 1 N–H and O–H groups in total. The molecule has 0 aromatic heterocycles. The zero-order chi connectivity index (χ0) is 18.1. The number of benzene rings is 1. The lowest BCUT2D eigenvalue weighted by Crippen LogP contribution is -2.29. The summed E-state index contributed by atoms with van der Waals surface area (Å²) in [5.74, 6) is 0.850. The van der Waals surface area contributed by atoms with Gasteiger partial charge >= 0.3 is 0 Å². The normalized spacial score (nSPS) is 11.9. The van der Waals surface area contributed by atoms with Crippen molar-refractivity contribution >= 4 is 28.5 Å². The van der Waals surface area contributed by atoms with Gasteiger partial charge in [-0.3, -0.25) is 20.1 Å². The van der Waals surface area contributed by atoms with Crippen molar-refractivity contribution in [3.8, 4) is 5.75 Å². The molecule has 0 spiro atoms. The zero-order valence-corrected chi connectivity index (χ0v) is 14.9. The van der Waals surface area contributed by atoms with Crippen molar-refractivity contribution in [3.05, 3.63) is 42.0 Å². The molecule has 0 aliphatic carbocycles. The van der Waals surface area contributed by atoms with Gasteiger partial charge in [-0.1, -0.05) is 30.3 Å². The Morgan fingerprint density at radius 3 is 2.50 bits per heavy atom. The van der Waals surface area contributed by atoms with E-state index in [1.807, 2.05) is 24.3 Å². The van der Waals surface area contributed by atoms with E-state index in [0.29, 0.717) is 12.4 Å². The molecule has 0 atom stereocenters. The molecule has 1 rings (SSSR count). The topological polar surface area (TPSA) is 75.5 Å². The molecule has 0 radical (unpaired) electrons. The second-order valence-corrected chi connectivity index (χ2v) is 5.09. The largest absolute Gasteiger partial charge is 0.497 e. The van der Waals surface area contributed by atoms with Gasteiger partial charge < -0.3 is 4.74 Å². The number of hydroxylamine groups is 2. The molecule has 0 aliphatic heterocycles. The summed E-state index contributed by atoms with van der Waals surface area (Å²) < 4.78 is 5.10. The Hall–Kier alpha value is -2.38. The molecular formula is C16H21ClN4O3. The van der Waals surface area contributed by atoms with Crippen LogP contribution in [0.5, 0.6) is 5.75 Å². The van der Waals surface area contributed by atoms with Crippen LogP contribution in [0, 0.1) is 0 Å². The SMILES string of the molecule is C=C(C(=O)N(C)OC)/C(Cl)=N\NC(C)=NCc1ccc(OC)cc1. The number of halogens is 1. The van der Waals surface area contributed by atoms with Crippen LogP contribution in [-0.2, 0) is 16.2 Å². The number of rotatable bonds is 7. The maximum Gasteiger partial charge on any atom is 0.279 e. The third-order valence-corrected chi connectivity index (χ3v) is 3.35. The highest BCUT2D eigenvalue weighted by Crippen LogP contribution is 2.11. The highest BCUT2D eigenvalue weighted by atomic mass is 35.5. The molecule has 1 amide bonds. The standard InChI is InChI=1S/C16H21ClN4O3/c1-11(16(22)21(3)24-5)15(17)20-19-12(2)18-10-13-6-8-14(23-4)9-7-13/h6-9H,1,10H2,2-5H3,(H,18,19)/b20-15+. The van der Waals surface area contributed by atoms with Crippen molar-refractivity contribution in [2.45, 2.75) is 13.5 Å². The van der Waals surface area contributed by atoms with Crippen LogP contribution in [0.3, 0.4) is 0 Å². The number of amides is 1. The Bertz CT molecular complexity index is 641. The number of ether oxygens (including phenoxy) is 1. The van der Waals surface area contributed by atoms with Gasteiger partial charge in [0.05, 0.1) is 26.3 Å². The molecule has 0 heterocycles. The van der Waals surface area contributed by atoms with Crippen molar-refractivity contribution < 1.29 is 14.4 Å². The molecule has 8 heteroatoms. The molecule has 7 nitrogen and oxygen atoms in total. The van der Waals surface area contributed by atoms with E-state index in [-0.39, 0.29) is 10.7 Å². The first-order valence-corrected chi connectivity index (χ1v) is 7.41. The number of nitrogens with zero attached hydrogens (tertiary/aromatic N) is 3. The van der Waals surface area contributed by atoms with Crippen LogP contribution in [0.25, 0.3) is 0 Å². The molecule has 0 bridgehead atoms. The summed E-state index contributed by atoms with van der Waals surface area (Å²) in [5, 5.41) is 4.82. The summed E-state index contributed by atoms with van der Waals surface area (Å²) in [4.78, 5) is 20.9. The molecule has 24 heavy (non-hydrogen) atoms. The van der Waals surface area contributed by atoms with Gasteiger partial charge in [-0.25, -0.2) is 5.06 Å². The van der Waals surface area contributed by atoms with Crippen LogP contribution in [-0.4, -0.2) is 43.2 Å². The molecule has 130 valence electrons. The maximum absolute atomic E-state index is 11.8. The molecule has 0 saturated carbocycles. The van der Waals surface area contributed by atoms with E-state index in [2.05, 4.69) is 22.1 Å². The van der Waals surface area contributed by atoms with E-state index < -0.39 is 5.91 Å². The predicted molar refractivity (Wildman–Crippen MR) is 95.1 cm³/mol. The molecule has 1 aromatic rings. The lowest BCUT2D eigenvalue weighted by Gasteiger charge is -2.14. The number of aliphatic imine (C=N–C) groups is 1. The van der Waals surface area contributed by atoms with E-state index in [4.69, 9.17) is 21.2 Å². The average Bonchev–Trinajstić information content (AvgIpc) is 2.62. The maximum atomic E-state index is 11.8. The summed E-state index contributed by atoms with van der Waals surface area (Å²) >= 11 is 5.94. The van der Waals surface area contributed by atoms with Crippen molar-refractivity contribution in [2.75, 3.05) is 21.3 Å². The van der Waals surface area contributed by atoms with E-state index in [1.54, 1.807) is 14.0 Å². The summed E-state index contributed by atoms with van der Waals surface area (Å²) in [7, 11) is 4.43. The van der Waals surface area contributed by atoms with E-state index >= 15 is 0 Å². The van der Waals surface area contributed by atoms with Gasteiger partial charge in [-0.05, 0) is 24.6 Å². The van der Waals surface area contributed by atoms with E-state index in [1.165, 1.54) is 14.2 Å². The van der Waals surface area contributed by atoms with E-state index in [9.17, 15) is 4.79 Å². The number of carbonyl (C=O) groups excluding carboxylic acids is 1. The Labute approximate surface area is 146 Å². The van der Waals surface area contributed by atoms with Gasteiger partial charge in [-0.15, -0.1) is 0 Å². The molecule has 0 saturated heterocycles. The fraction of sp³-hybridized carbons (Fsp3) is 0.312. The predicted octanol–water partition coefficient (Wildman–Crippen LogP) is 2.33. The first-order chi connectivity index (χ1) is 11.4. The van der Waals surface area contributed by atoms with E-state index in [0.717, 1.165) is 16.4 Å². The first-order valence-electron chi connectivity index (χ1n) is 7.03. The Balaban J connectivity index is 2.60. The van der Waals surface area contributed by atoms with Crippen LogP contribution < -0.4 is 10.2 Å². The monoisotopic (exact) mass is 352 g/mol. The first kappa shape index (κ1) is 19.7. The van der Waals surface area contributed by atoms with Crippen molar-refractivity contribution in [2.24, 2.45) is 10.1 Å². The average molecular weight is 353 g/mol.